The first-order valence-electron chi connectivity index (χ1n) is 12.3. The molecule has 3 aliphatic rings. The van der Waals surface area contributed by atoms with Crippen LogP contribution in [-0.4, -0.2) is 74.0 Å². The van der Waals surface area contributed by atoms with Crippen molar-refractivity contribution in [2.45, 2.75) is 50.9 Å². The molecule has 0 atom stereocenters. The van der Waals surface area contributed by atoms with E-state index in [4.69, 9.17) is 4.99 Å². The van der Waals surface area contributed by atoms with Crippen molar-refractivity contribution in [3.05, 3.63) is 35.9 Å². The number of nitrogens with one attached hydrogen (secondary N) is 2. The van der Waals surface area contributed by atoms with Gasteiger partial charge in [0.1, 0.15) is 0 Å². The number of benzene rings is 1. The number of amides is 1. The van der Waals surface area contributed by atoms with Crippen LogP contribution in [0.15, 0.2) is 35.3 Å². The molecule has 1 saturated heterocycles. The van der Waals surface area contributed by atoms with E-state index in [-0.39, 0.29) is 29.4 Å². The summed E-state index contributed by atoms with van der Waals surface area (Å²) in [6, 6.07) is 10.9. The fourth-order valence-corrected chi connectivity index (χ4v) is 4.94. The normalized spacial score (nSPS) is 21.2. The molecule has 2 saturated carbocycles. The van der Waals surface area contributed by atoms with Crippen LogP contribution in [0.1, 0.15) is 51.0 Å². The van der Waals surface area contributed by atoms with Gasteiger partial charge >= 0.3 is 0 Å². The van der Waals surface area contributed by atoms with Crippen molar-refractivity contribution in [2.24, 2.45) is 10.9 Å². The van der Waals surface area contributed by atoms with Crippen molar-refractivity contribution in [1.82, 2.24) is 20.4 Å². The molecular formula is C25H40IN5O. The van der Waals surface area contributed by atoms with E-state index in [1.54, 1.807) is 0 Å². The lowest BCUT2D eigenvalue weighted by Gasteiger charge is -2.41. The lowest BCUT2D eigenvalue weighted by atomic mass is 9.64. The number of hydrogen-bond donors (Lipinski definition) is 2. The van der Waals surface area contributed by atoms with E-state index in [2.05, 4.69) is 57.7 Å². The van der Waals surface area contributed by atoms with Crippen molar-refractivity contribution in [2.75, 3.05) is 52.4 Å². The first-order valence-corrected chi connectivity index (χ1v) is 12.3. The molecule has 32 heavy (non-hydrogen) atoms. The van der Waals surface area contributed by atoms with Gasteiger partial charge in [-0.3, -0.25) is 14.7 Å². The van der Waals surface area contributed by atoms with Gasteiger partial charge in [-0.25, -0.2) is 0 Å². The van der Waals surface area contributed by atoms with Crippen molar-refractivity contribution < 1.29 is 4.79 Å². The molecule has 2 N–H and O–H groups in total. The number of rotatable bonds is 8. The Balaban J connectivity index is 0.00000289. The number of halogens is 1. The maximum atomic E-state index is 12.4. The molecule has 3 fully saturated rings. The Morgan fingerprint density at radius 3 is 2.34 bits per heavy atom. The number of carbonyl (C=O) groups excluding carboxylic acids is 1. The maximum Gasteiger partial charge on any atom is 0.225 e. The molecule has 2 aliphatic carbocycles. The van der Waals surface area contributed by atoms with Crippen LogP contribution in [0.4, 0.5) is 0 Å². The lowest BCUT2D eigenvalue weighted by Crippen LogP contribution is -2.52. The van der Waals surface area contributed by atoms with Crippen LogP contribution in [0.3, 0.4) is 0 Å². The Bertz CT molecular complexity index is 740. The summed E-state index contributed by atoms with van der Waals surface area (Å²) >= 11 is 0. The average Bonchev–Trinajstić information content (AvgIpc) is 2.73. The van der Waals surface area contributed by atoms with Crippen LogP contribution in [-0.2, 0) is 10.2 Å². The van der Waals surface area contributed by atoms with Crippen LogP contribution < -0.4 is 10.6 Å². The third-order valence-corrected chi connectivity index (χ3v) is 7.44. The predicted octanol–water partition coefficient (Wildman–Crippen LogP) is 3.23. The fourth-order valence-electron chi connectivity index (χ4n) is 4.94. The van der Waals surface area contributed by atoms with Gasteiger partial charge in [0.25, 0.3) is 0 Å². The summed E-state index contributed by atoms with van der Waals surface area (Å²) in [6.45, 7) is 9.40. The van der Waals surface area contributed by atoms with Gasteiger partial charge in [0.2, 0.25) is 5.91 Å². The second-order valence-electron chi connectivity index (χ2n) is 9.42. The Morgan fingerprint density at radius 1 is 1.06 bits per heavy atom. The van der Waals surface area contributed by atoms with E-state index in [0.29, 0.717) is 11.8 Å². The summed E-state index contributed by atoms with van der Waals surface area (Å²) in [5, 5.41) is 6.93. The Hall–Kier alpha value is -1.35. The van der Waals surface area contributed by atoms with E-state index in [9.17, 15) is 4.79 Å². The topological polar surface area (TPSA) is 60.0 Å². The number of guanidine groups is 1. The summed E-state index contributed by atoms with van der Waals surface area (Å²) in [5.41, 5.74) is 1.64. The highest BCUT2D eigenvalue weighted by Crippen LogP contribution is 2.43. The molecule has 0 aromatic heterocycles. The Kier molecular flexibility index (Phi) is 9.64. The molecular weight excluding hydrogens is 513 g/mol. The summed E-state index contributed by atoms with van der Waals surface area (Å²) in [5.74, 6) is 1.64. The minimum Gasteiger partial charge on any atom is -0.357 e. The molecule has 1 amide bonds. The summed E-state index contributed by atoms with van der Waals surface area (Å²) < 4.78 is 0. The van der Waals surface area contributed by atoms with Gasteiger partial charge in [-0.2, -0.15) is 0 Å². The summed E-state index contributed by atoms with van der Waals surface area (Å²) in [6.07, 6.45) is 7.17. The quantitative estimate of drug-likeness (QED) is 0.295. The highest BCUT2D eigenvalue weighted by atomic mass is 127. The van der Waals surface area contributed by atoms with Crippen LogP contribution in [0.5, 0.6) is 0 Å². The predicted molar refractivity (Wildman–Crippen MR) is 142 cm³/mol. The summed E-state index contributed by atoms with van der Waals surface area (Å²) in [4.78, 5) is 21.9. The standard InChI is InChI=1S/C25H39N5O.HI/c1-2-26-24(28-20-25(12-7-13-25)22-10-4-3-5-11-22)27-14-15-29-16-18-30(19-17-29)23(31)21-8-6-9-21;/h3-5,10-11,21H,2,6-9,12-20H2,1H3,(H2,26,27,28);1H. The molecule has 0 bridgehead atoms. The zero-order chi connectivity index (χ0) is 21.5. The van der Waals surface area contributed by atoms with Gasteiger partial charge in [0.05, 0.1) is 6.54 Å². The minimum absolute atomic E-state index is 0. The second kappa shape index (κ2) is 12.2. The highest BCUT2D eigenvalue weighted by Gasteiger charge is 2.38. The smallest absolute Gasteiger partial charge is 0.225 e. The zero-order valence-corrected chi connectivity index (χ0v) is 21.9. The maximum absolute atomic E-state index is 12.4. The van der Waals surface area contributed by atoms with E-state index >= 15 is 0 Å². The SMILES string of the molecule is CCNC(=NCC1(c2ccccc2)CCC1)NCCN1CCN(C(=O)C2CCC2)CC1.I. The van der Waals surface area contributed by atoms with Gasteiger partial charge < -0.3 is 15.5 Å². The van der Waals surface area contributed by atoms with Crippen LogP contribution in [0.25, 0.3) is 0 Å². The third kappa shape index (κ3) is 6.16. The van der Waals surface area contributed by atoms with Crippen molar-refractivity contribution in [1.29, 1.82) is 0 Å². The van der Waals surface area contributed by atoms with Gasteiger partial charge in [-0.15, -0.1) is 24.0 Å². The average molecular weight is 554 g/mol. The molecule has 7 heteroatoms. The third-order valence-electron chi connectivity index (χ3n) is 7.44. The number of piperazine rings is 1. The number of nitrogens with zero attached hydrogens (tertiary/aromatic N) is 3. The first-order chi connectivity index (χ1) is 15.2. The van der Waals surface area contributed by atoms with E-state index in [1.165, 1.54) is 31.2 Å². The zero-order valence-electron chi connectivity index (χ0n) is 19.5. The van der Waals surface area contributed by atoms with Crippen molar-refractivity contribution >= 4 is 35.8 Å². The molecule has 1 aromatic rings. The molecule has 1 aromatic carbocycles. The van der Waals surface area contributed by atoms with Crippen LogP contribution in [0, 0.1) is 5.92 Å². The van der Waals surface area contributed by atoms with E-state index in [0.717, 1.165) is 71.2 Å². The fraction of sp³-hybridized carbons (Fsp3) is 0.680. The van der Waals surface area contributed by atoms with Gasteiger partial charge in [0, 0.05) is 57.1 Å². The van der Waals surface area contributed by atoms with Crippen LogP contribution in [0.2, 0.25) is 0 Å². The molecule has 0 unspecified atom stereocenters. The molecule has 178 valence electrons. The number of carbonyl (C=O) groups is 1. The molecule has 0 radical (unpaired) electrons. The van der Waals surface area contributed by atoms with E-state index in [1.807, 2.05) is 0 Å². The number of hydrogen-bond acceptors (Lipinski definition) is 3. The highest BCUT2D eigenvalue weighted by molar-refractivity contribution is 14.0. The molecule has 1 aliphatic heterocycles. The Morgan fingerprint density at radius 2 is 1.78 bits per heavy atom. The Labute approximate surface area is 210 Å². The largest absolute Gasteiger partial charge is 0.357 e. The van der Waals surface area contributed by atoms with Gasteiger partial charge in [-0.1, -0.05) is 43.2 Å². The van der Waals surface area contributed by atoms with Crippen molar-refractivity contribution in [3.63, 3.8) is 0 Å². The lowest BCUT2D eigenvalue weighted by molar-refractivity contribution is -0.139. The second-order valence-corrected chi connectivity index (χ2v) is 9.42. The van der Waals surface area contributed by atoms with Crippen LogP contribution >= 0.6 is 24.0 Å². The number of aliphatic imine (C=N–C) groups is 1. The minimum atomic E-state index is 0. The molecule has 1 heterocycles. The first kappa shape index (κ1) is 25.3. The molecule has 0 spiro atoms. The summed E-state index contributed by atoms with van der Waals surface area (Å²) in [7, 11) is 0. The monoisotopic (exact) mass is 553 g/mol. The van der Waals surface area contributed by atoms with E-state index < -0.39 is 0 Å². The van der Waals surface area contributed by atoms with Crippen molar-refractivity contribution in [3.8, 4) is 0 Å². The molecule has 4 rings (SSSR count). The van der Waals surface area contributed by atoms with Gasteiger partial charge in [0.15, 0.2) is 5.96 Å². The van der Waals surface area contributed by atoms with Gasteiger partial charge in [-0.05, 0) is 38.2 Å². The molecule has 6 nitrogen and oxygen atoms in total.